The van der Waals surface area contributed by atoms with Crippen LogP contribution in [0.3, 0.4) is 0 Å². The van der Waals surface area contributed by atoms with Gasteiger partial charge in [0.25, 0.3) is 0 Å². The average molecular weight is 446 g/mol. The van der Waals surface area contributed by atoms with Crippen LogP contribution in [0, 0.1) is 5.82 Å². The molecule has 0 saturated heterocycles. The fraction of sp³-hybridized carbons (Fsp3) is 0.278. The van der Waals surface area contributed by atoms with Crippen LogP contribution in [0.15, 0.2) is 50.8 Å². The number of halogens is 3. The fourth-order valence-corrected chi connectivity index (χ4v) is 4.16. The quantitative estimate of drug-likeness (QED) is 0.654. The Morgan fingerprint density at radius 1 is 1.32 bits per heavy atom. The molecule has 3 rings (SSSR count). The molecule has 0 spiro atoms. The van der Waals surface area contributed by atoms with Gasteiger partial charge in [0.1, 0.15) is 17.4 Å². The van der Waals surface area contributed by atoms with E-state index in [0.29, 0.717) is 11.3 Å². The van der Waals surface area contributed by atoms with Crippen LogP contribution in [0.25, 0.3) is 0 Å². The van der Waals surface area contributed by atoms with Crippen molar-refractivity contribution in [3.05, 3.63) is 57.8 Å². The predicted molar refractivity (Wildman–Crippen MR) is 108 cm³/mol. The molecule has 1 aliphatic rings. The van der Waals surface area contributed by atoms with Gasteiger partial charge in [0.2, 0.25) is 0 Å². The van der Waals surface area contributed by atoms with E-state index in [1.54, 1.807) is 24.9 Å². The number of rotatable bonds is 5. The minimum Gasteiger partial charge on any atom is -0.496 e. The summed E-state index contributed by atoms with van der Waals surface area (Å²) in [5, 5.41) is 3.27. The molecule has 7 heteroatoms. The van der Waals surface area contributed by atoms with Crippen LogP contribution in [-0.2, 0) is 5.75 Å². The number of amidine groups is 1. The lowest BCUT2D eigenvalue weighted by atomic mass is 10.1. The molecule has 2 aromatic rings. The third-order valence-corrected chi connectivity index (χ3v) is 5.33. The van der Waals surface area contributed by atoms with Crippen molar-refractivity contribution in [1.82, 2.24) is 5.32 Å². The monoisotopic (exact) mass is 444 g/mol. The number of hydrogen-bond acceptors (Lipinski definition) is 4. The number of methoxy groups -OCH3 is 1. The molecule has 0 aliphatic carbocycles. The first-order valence-corrected chi connectivity index (χ1v) is 9.49. The highest BCUT2D eigenvalue weighted by Crippen LogP contribution is 2.35. The summed E-state index contributed by atoms with van der Waals surface area (Å²) in [5.41, 5.74) is 1.51. The van der Waals surface area contributed by atoms with Crippen LogP contribution in [0.5, 0.6) is 5.75 Å². The Bertz CT molecular complexity index is 773. The molecule has 0 aromatic heterocycles. The number of ether oxygens (including phenoxy) is 1. The van der Waals surface area contributed by atoms with Crippen molar-refractivity contribution in [3.63, 3.8) is 0 Å². The second-order valence-corrected chi connectivity index (χ2v) is 7.29. The van der Waals surface area contributed by atoms with E-state index < -0.39 is 0 Å². The highest BCUT2D eigenvalue weighted by Gasteiger charge is 2.16. The number of nitrogens with one attached hydrogen (secondary N) is 1. The first-order chi connectivity index (χ1) is 11.7. The molecule has 0 fully saturated rings. The normalized spacial score (nSPS) is 13.5. The zero-order chi connectivity index (χ0) is 16.9. The summed E-state index contributed by atoms with van der Waals surface area (Å²) in [6.07, 6.45) is 1.01. The summed E-state index contributed by atoms with van der Waals surface area (Å²) in [4.78, 5) is 5.47. The van der Waals surface area contributed by atoms with Crippen LogP contribution in [0.2, 0.25) is 0 Å². The maximum absolute atomic E-state index is 14.4. The van der Waals surface area contributed by atoms with E-state index >= 15 is 0 Å². The largest absolute Gasteiger partial charge is 0.496 e. The zero-order valence-electron chi connectivity index (χ0n) is 13.7. The molecule has 1 N–H and O–H groups in total. The first-order valence-electron chi connectivity index (χ1n) is 7.71. The van der Waals surface area contributed by atoms with Gasteiger partial charge in [-0.25, -0.2) is 4.39 Å². The standard InChI is InChI=1S/C18H18BrFN2OS.ClH/c1-23-16-7-6-12(19)10-17(16)24-11-14-13(4-2-5-15(14)20)18-21-8-3-9-22-18;/h2,4-7,10H,3,8-9,11H2,1H3,(H,21,22);1H. The zero-order valence-corrected chi connectivity index (χ0v) is 16.9. The van der Waals surface area contributed by atoms with E-state index in [4.69, 9.17) is 4.74 Å². The lowest BCUT2D eigenvalue weighted by Crippen LogP contribution is -2.31. The van der Waals surface area contributed by atoms with Gasteiger partial charge in [-0.1, -0.05) is 28.1 Å². The van der Waals surface area contributed by atoms with Gasteiger partial charge in [-0.05, 0) is 30.7 Å². The van der Waals surface area contributed by atoms with Crippen LogP contribution >= 0.6 is 40.1 Å². The van der Waals surface area contributed by atoms with Crippen molar-refractivity contribution < 1.29 is 9.13 Å². The molecule has 3 nitrogen and oxygen atoms in total. The number of nitrogens with zero attached hydrogens (tertiary/aromatic N) is 1. The summed E-state index contributed by atoms with van der Waals surface area (Å²) >= 11 is 5.02. The molecular formula is C18H19BrClFN2OS. The van der Waals surface area contributed by atoms with E-state index in [2.05, 4.69) is 26.2 Å². The molecule has 0 radical (unpaired) electrons. The molecule has 25 heavy (non-hydrogen) atoms. The Kier molecular flexibility index (Phi) is 7.59. The molecule has 0 amide bonds. The van der Waals surface area contributed by atoms with Gasteiger partial charge >= 0.3 is 0 Å². The molecule has 1 heterocycles. The summed E-state index contributed by atoms with van der Waals surface area (Å²) in [6.45, 7) is 1.66. The van der Waals surface area contributed by atoms with Crippen molar-refractivity contribution in [3.8, 4) is 5.75 Å². The van der Waals surface area contributed by atoms with E-state index in [9.17, 15) is 4.39 Å². The van der Waals surface area contributed by atoms with Gasteiger partial charge < -0.3 is 10.1 Å². The van der Waals surface area contributed by atoms with Crippen molar-refractivity contribution in [2.75, 3.05) is 20.2 Å². The highest BCUT2D eigenvalue weighted by atomic mass is 79.9. The highest BCUT2D eigenvalue weighted by molar-refractivity contribution is 9.10. The smallest absolute Gasteiger partial charge is 0.132 e. The van der Waals surface area contributed by atoms with E-state index in [-0.39, 0.29) is 18.2 Å². The molecule has 2 aromatic carbocycles. The fourth-order valence-electron chi connectivity index (χ4n) is 2.55. The SMILES string of the molecule is COc1ccc(Br)cc1SCc1c(F)cccc1C1=NCCCN1.Cl. The van der Waals surface area contributed by atoms with Gasteiger partial charge in [-0.15, -0.1) is 24.2 Å². The number of benzene rings is 2. The van der Waals surface area contributed by atoms with Crippen LogP contribution in [-0.4, -0.2) is 26.0 Å². The number of hydrogen-bond donors (Lipinski definition) is 1. The van der Waals surface area contributed by atoms with Gasteiger partial charge in [0, 0.05) is 34.4 Å². The number of aliphatic imine (C=N–C) groups is 1. The second-order valence-electron chi connectivity index (χ2n) is 5.36. The summed E-state index contributed by atoms with van der Waals surface area (Å²) < 4.78 is 20.8. The third-order valence-electron chi connectivity index (χ3n) is 3.77. The van der Waals surface area contributed by atoms with E-state index in [0.717, 1.165) is 46.0 Å². The van der Waals surface area contributed by atoms with Crippen molar-refractivity contribution in [2.24, 2.45) is 4.99 Å². The number of thioether (sulfide) groups is 1. The Morgan fingerprint density at radius 2 is 2.16 bits per heavy atom. The van der Waals surface area contributed by atoms with Gasteiger partial charge in [0.15, 0.2) is 0 Å². The lowest BCUT2D eigenvalue weighted by Gasteiger charge is -2.18. The third kappa shape index (κ3) is 4.90. The van der Waals surface area contributed by atoms with Gasteiger partial charge in [-0.2, -0.15) is 0 Å². The van der Waals surface area contributed by atoms with Crippen LogP contribution < -0.4 is 10.1 Å². The summed E-state index contributed by atoms with van der Waals surface area (Å²) in [6, 6.07) is 11.0. The first kappa shape index (κ1) is 20.1. The minimum absolute atomic E-state index is 0. The Morgan fingerprint density at radius 3 is 2.88 bits per heavy atom. The molecule has 0 unspecified atom stereocenters. The second kappa shape index (κ2) is 9.46. The topological polar surface area (TPSA) is 33.6 Å². The molecule has 134 valence electrons. The maximum Gasteiger partial charge on any atom is 0.132 e. The lowest BCUT2D eigenvalue weighted by molar-refractivity contribution is 0.404. The Labute approximate surface area is 166 Å². The molecular weight excluding hydrogens is 427 g/mol. The van der Waals surface area contributed by atoms with Crippen molar-refractivity contribution in [2.45, 2.75) is 17.1 Å². The molecule has 0 atom stereocenters. The van der Waals surface area contributed by atoms with E-state index in [1.807, 2.05) is 24.3 Å². The predicted octanol–water partition coefficient (Wildman–Crippen LogP) is 5.05. The Balaban J connectivity index is 0.00000225. The van der Waals surface area contributed by atoms with Gasteiger partial charge in [0.05, 0.1) is 12.0 Å². The molecule has 0 bridgehead atoms. The average Bonchev–Trinajstić information content (AvgIpc) is 2.61. The maximum atomic E-state index is 14.4. The van der Waals surface area contributed by atoms with Crippen molar-refractivity contribution in [1.29, 1.82) is 0 Å². The van der Waals surface area contributed by atoms with Crippen molar-refractivity contribution >= 4 is 45.9 Å². The summed E-state index contributed by atoms with van der Waals surface area (Å²) in [7, 11) is 1.64. The van der Waals surface area contributed by atoms with E-state index in [1.165, 1.54) is 6.07 Å². The Hall–Kier alpha value is -1.24. The van der Waals surface area contributed by atoms with Crippen LogP contribution in [0.4, 0.5) is 4.39 Å². The van der Waals surface area contributed by atoms with Gasteiger partial charge in [-0.3, -0.25) is 4.99 Å². The molecule has 1 aliphatic heterocycles. The summed E-state index contributed by atoms with van der Waals surface area (Å²) in [5.74, 6) is 1.88. The molecule has 0 saturated carbocycles. The van der Waals surface area contributed by atoms with Crippen LogP contribution in [0.1, 0.15) is 17.5 Å². The minimum atomic E-state index is -0.205.